The molecule has 3 rings (SSSR count). The molecular formula is C28H36N4O4. The van der Waals surface area contributed by atoms with E-state index in [0.717, 1.165) is 11.6 Å². The predicted octanol–water partition coefficient (Wildman–Crippen LogP) is 3.74. The Labute approximate surface area is 213 Å². The second-order valence-electron chi connectivity index (χ2n) is 11.0. The van der Waals surface area contributed by atoms with E-state index in [1.807, 2.05) is 45.0 Å². The van der Waals surface area contributed by atoms with Crippen LogP contribution in [0.4, 0.5) is 5.69 Å². The molecule has 1 saturated heterocycles. The number of benzene rings is 1. The number of ether oxygens (including phenoxy) is 1. The summed E-state index contributed by atoms with van der Waals surface area (Å²) in [6, 6.07) is 9.14. The maximum absolute atomic E-state index is 14.2. The van der Waals surface area contributed by atoms with E-state index < -0.39 is 29.4 Å². The van der Waals surface area contributed by atoms with Gasteiger partial charge in [0.25, 0.3) is 5.91 Å². The minimum atomic E-state index is -1.02. The second kappa shape index (κ2) is 10.6. The maximum Gasteiger partial charge on any atom is 0.253 e. The van der Waals surface area contributed by atoms with Gasteiger partial charge in [0.1, 0.15) is 18.8 Å². The van der Waals surface area contributed by atoms with Gasteiger partial charge in [0.05, 0.1) is 6.61 Å². The Kier molecular flexibility index (Phi) is 7.99. The number of aromatic nitrogens is 1. The van der Waals surface area contributed by atoms with Crippen LogP contribution in [-0.4, -0.2) is 52.5 Å². The molecule has 1 aromatic heterocycles. The molecule has 2 heterocycles. The van der Waals surface area contributed by atoms with Gasteiger partial charge in [-0.15, -0.1) is 0 Å². The third-order valence-corrected chi connectivity index (χ3v) is 5.88. The van der Waals surface area contributed by atoms with Crippen molar-refractivity contribution in [2.75, 3.05) is 18.2 Å². The number of hydrogen-bond donors (Lipinski definition) is 1. The van der Waals surface area contributed by atoms with Gasteiger partial charge in [0.2, 0.25) is 11.8 Å². The summed E-state index contributed by atoms with van der Waals surface area (Å²) in [6.45, 7) is 15.5. The molecule has 8 nitrogen and oxygen atoms in total. The van der Waals surface area contributed by atoms with E-state index in [9.17, 15) is 14.4 Å². The van der Waals surface area contributed by atoms with Crippen LogP contribution in [0.3, 0.4) is 0 Å². The number of nitrogens with one attached hydrogen (secondary N) is 1. The highest BCUT2D eigenvalue weighted by Gasteiger charge is 2.42. The molecule has 0 bridgehead atoms. The largest absolute Gasteiger partial charge is 0.358 e. The molecule has 192 valence electrons. The minimum Gasteiger partial charge on any atom is -0.358 e. The Balaban J connectivity index is 2.16. The van der Waals surface area contributed by atoms with Crippen molar-refractivity contribution in [3.05, 3.63) is 72.6 Å². The van der Waals surface area contributed by atoms with Crippen LogP contribution < -0.4 is 10.2 Å². The van der Waals surface area contributed by atoms with Gasteiger partial charge in [-0.1, -0.05) is 45.5 Å². The van der Waals surface area contributed by atoms with Gasteiger partial charge in [0.15, 0.2) is 0 Å². The number of nitrogens with zero attached hydrogens (tertiary/aromatic N) is 3. The lowest BCUT2D eigenvalue weighted by molar-refractivity contribution is -0.135. The summed E-state index contributed by atoms with van der Waals surface area (Å²) in [4.78, 5) is 47.3. The SMILES string of the molecule is C=CC(=O)N1COCC1C(=O)N(c1ccc(C(C)(C)C)cc1)C(C(=O)NC(C)(C)C)c1cccnc1. The van der Waals surface area contributed by atoms with Crippen LogP contribution >= 0.6 is 0 Å². The fourth-order valence-electron chi connectivity index (χ4n) is 4.06. The van der Waals surface area contributed by atoms with Gasteiger partial charge in [-0.05, 0) is 56.0 Å². The molecule has 1 N–H and O–H groups in total. The first-order valence-electron chi connectivity index (χ1n) is 12.0. The molecule has 0 saturated carbocycles. The monoisotopic (exact) mass is 492 g/mol. The first-order chi connectivity index (χ1) is 16.8. The number of carbonyl (C=O) groups excluding carboxylic acids is 3. The minimum absolute atomic E-state index is 0.0234. The summed E-state index contributed by atoms with van der Waals surface area (Å²) in [5.74, 6) is -1.20. The lowest BCUT2D eigenvalue weighted by Crippen LogP contribution is -2.54. The molecule has 1 fully saturated rings. The third kappa shape index (κ3) is 6.18. The van der Waals surface area contributed by atoms with E-state index >= 15 is 0 Å². The number of amides is 3. The number of carbonyl (C=O) groups is 3. The van der Waals surface area contributed by atoms with Gasteiger partial charge in [-0.25, -0.2) is 0 Å². The number of pyridine rings is 1. The van der Waals surface area contributed by atoms with Crippen LogP contribution in [0.1, 0.15) is 58.7 Å². The van der Waals surface area contributed by atoms with Crippen molar-refractivity contribution in [2.45, 2.75) is 64.6 Å². The summed E-state index contributed by atoms with van der Waals surface area (Å²) in [7, 11) is 0. The van der Waals surface area contributed by atoms with Crippen LogP contribution in [0.5, 0.6) is 0 Å². The van der Waals surface area contributed by atoms with Crippen LogP contribution in [-0.2, 0) is 24.5 Å². The topological polar surface area (TPSA) is 91.8 Å². The van der Waals surface area contributed by atoms with Gasteiger partial charge >= 0.3 is 0 Å². The summed E-state index contributed by atoms with van der Waals surface area (Å²) < 4.78 is 5.49. The highest BCUT2D eigenvalue weighted by atomic mass is 16.5. The number of anilines is 1. The Morgan fingerprint density at radius 3 is 2.33 bits per heavy atom. The van der Waals surface area contributed by atoms with Crippen molar-refractivity contribution in [1.82, 2.24) is 15.2 Å². The number of hydrogen-bond acceptors (Lipinski definition) is 5. The molecule has 2 atom stereocenters. The summed E-state index contributed by atoms with van der Waals surface area (Å²) >= 11 is 0. The highest BCUT2D eigenvalue weighted by Crippen LogP contribution is 2.32. The molecule has 0 aliphatic carbocycles. The van der Waals surface area contributed by atoms with E-state index in [1.165, 1.54) is 9.80 Å². The summed E-state index contributed by atoms with van der Waals surface area (Å²) in [5, 5.41) is 3.01. The van der Waals surface area contributed by atoms with Crippen LogP contribution in [0.25, 0.3) is 0 Å². The zero-order valence-corrected chi connectivity index (χ0v) is 21.9. The average Bonchev–Trinajstić information content (AvgIpc) is 3.30. The van der Waals surface area contributed by atoms with E-state index in [1.54, 1.807) is 24.5 Å². The van der Waals surface area contributed by atoms with Crippen molar-refractivity contribution in [3.8, 4) is 0 Å². The van der Waals surface area contributed by atoms with E-state index in [4.69, 9.17) is 4.74 Å². The molecule has 0 spiro atoms. The maximum atomic E-state index is 14.2. The Morgan fingerprint density at radius 2 is 1.81 bits per heavy atom. The standard InChI is InChI=1S/C28H36N4O4/c1-8-23(33)31-18-36-17-22(31)26(35)32(21-13-11-20(12-14-21)27(2,3)4)24(19-10-9-15-29-16-19)25(34)30-28(5,6)7/h8-16,22,24H,1,17-18H2,2-7H3,(H,30,34). The van der Waals surface area contributed by atoms with Crippen molar-refractivity contribution in [1.29, 1.82) is 0 Å². The molecular weight excluding hydrogens is 456 g/mol. The number of rotatable bonds is 6. The van der Waals surface area contributed by atoms with Crippen LogP contribution in [0.2, 0.25) is 0 Å². The molecule has 1 aromatic carbocycles. The molecule has 2 aromatic rings. The smallest absolute Gasteiger partial charge is 0.253 e. The quantitative estimate of drug-likeness (QED) is 0.621. The van der Waals surface area contributed by atoms with Crippen molar-refractivity contribution in [2.24, 2.45) is 0 Å². The average molecular weight is 493 g/mol. The third-order valence-electron chi connectivity index (χ3n) is 5.88. The van der Waals surface area contributed by atoms with Gasteiger partial charge in [-0.3, -0.25) is 24.3 Å². The summed E-state index contributed by atoms with van der Waals surface area (Å²) in [5.41, 5.74) is 1.54. The Bertz CT molecular complexity index is 1100. The Morgan fingerprint density at radius 1 is 1.14 bits per heavy atom. The Hall–Kier alpha value is -3.52. The normalized spacial score (nSPS) is 16.8. The lowest BCUT2D eigenvalue weighted by atomic mass is 9.87. The zero-order chi connectivity index (χ0) is 26.7. The van der Waals surface area contributed by atoms with Gasteiger partial charge in [-0.2, -0.15) is 0 Å². The van der Waals surface area contributed by atoms with Crippen molar-refractivity contribution >= 4 is 23.4 Å². The highest BCUT2D eigenvalue weighted by molar-refractivity contribution is 6.05. The molecule has 1 aliphatic heterocycles. The fraction of sp³-hybridized carbons (Fsp3) is 0.429. The first-order valence-corrected chi connectivity index (χ1v) is 12.0. The predicted molar refractivity (Wildman–Crippen MR) is 139 cm³/mol. The van der Waals surface area contributed by atoms with Gasteiger partial charge in [0, 0.05) is 29.2 Å². The fourth-order valence-corrected chi connectivity index (χ4v) is 4.06. The van der Waals surface area contributed by atoms with E-state index in [0.29, 0.717) is 11.3 Å². The molecule has 36 heavy (non-hydrogen) atoms. The van der Waals surface area contributed by atoms with Crippen LogP contribution in [0.15, 0.2) is 61.4 Å². The lowest BCUT2D eigenvalue weighted by Gasteiger charge is -2.36. The van der Waals surface area contributed by atoms with E-state index in [-0.39, 0.29) is 24.7 Å². The molecule has 2 unspecified atom stereocenters. The summed E-state index contributed by atoms with van der Waals surface area (Å²) in [6.07, 6.45) is 4.35. The molecule has 8 heteroatoms. The molecule has 0 radical (unpaired) electrons. The van der Waals surface area contributed by atoms with Crippen LogP contribution in [0, 0.1) is 0 Å². The molecule has 3 amide bonds. The van der Waals surface area contributed by atoms with Crippen molar-refractivity contribution in [3.63, 3.8) is 0 Å². The van der Waals surface area contributed by atoms with Gasteiger partial charge < -0.3 is 15.0 Å². The van der Waals surface area contributed by atoms with E-state index in [2.05, 4.69) is 37.7 Å². The first kappa shape index (κ1) is 27.1. The molecule has 1 aliphatic rings. The second-order valence-corrected chi connectivity index (χ2v) is 11.0. The van der Waals surface area contributed by atoms with Crippen molar-refractivity contribution < 1.29 is 19.1 Å². The zero-order valence-electron chi connectivity index (χ0n) is 21.9.